The summed E-state index contributed by atoms with van der Waals surface area (Å²) in [4.78, 5) is 11.2. The molecule has 0 radical (unpaired) electrons. The molecule has 0 heterocycles. The quantitative estimate of drug-likeness (QED) is 0.285. The minimum atomic E-state index is -0.410. The zero-order chi connectivity index (χ0) is 19.8. The number of rotatable bonds is 8. The number of aliphatic hydroxyl groups excluding tert-OH is 1. The summed E-state index contributed by atoms with van der Waals surface area (Å²) in [5.74, 6) is 8.77. The molecule has 2 fully saturated rings. The number of unbranched alkanes of at least 4 members (excludes halogenated alkanes) is 1. The maximum atomic E-state index is 11.2. The van der Waals surface area contributed by atoms with Crippen molar-refractivity contribution in [2.75, 3.05) is 7.11 Å². The zero-order valence-electron chi connectivity index (χ0n) is 17.4. The molecule has 0 aliphatic heterocycles. The minimum Gasteiger partial charge on any atom is -0.469 e. The van der Waals surface area contributed by atoms with Gasteiger partial charge in [-0.05, 0) is 68.6 Å². The van der Waals surface area contributed by atoms with Gasteiger partial charge in [0.05, 0.1) is 13.2 Å². The Morgan fingerprint density at radius 1 is 1.41 bits per heavy atom. The summed E-state index contributed by atoms with van der Waals surface area (Å²) < 4.78 is 4.70. The normalized spacial score (nSPS) is 30.8. The molecular formula is C24H36O3. The monoisotopic (exact) mass is 372 g/mol. The average Bonchev–Trinajstić information content (AvgIpc) is 3.17. The van der Waals surface area contributed by atoms with Crippen LogP contribution in [0.15, 0.2) is 23.8 Å². The van der Waals surface area contributed by atoms with Gasteiger partial charge in [-0.3, -0.25) is 4.79 Å². The van der Waals surface area contributed by atoms with E-state index in [9.17, 15) is 9.90 Å². The number of fused-ring (bicyclic) bond motifs is 1. The summed E-state index contributed by atoms with van der Waals surface area (Å²) in [6, 6.07) is 0. The molecule has 0 saturated heterocycles. The molecule has 0 aromatic heterocycles. The zero-order valence-corrected chi connectivity index (χ0v) is 17.4. The fourth-order valence-electron chi connectivity index (χ4n) is 4.78. The Labute approximate surface area is 165 Å². The number of carbonyl (C=O) groups excluding carboxylic acids is 1. The van der Waals surface area contributed by atoms with Gasteiger partial charge in [-0.2, -0.15) is 0 Å². The van der Waals surface area contributed by atoms with Crippen LogP contribution in [0.25, 0.3) is 0 Å². The molecule has 2 rings (SSSR count). The van der Waals surface area contributed by atoms with Crippen LogP contribution in [0.4, 0.5) is 0 Å². The van der Waals surface area contributed by atoms with Crippen LogP contribution in [0, 0.1) is 41.4 Å². The second-order valence-corrected chi connectivity index (χ2v) is 8.44. The lowest BCUT2D eigenvalue weighted by Crippen LogP contribution is -2.16. The van der Waals surface area contributed by atoms with E-state index in [0.29, 0.717) is 24.2 Å². The predicted octanol–water partition coefficient (Wildman–Crippen LogP) is 4.90. The lowest BCUT2D eigenvalue weighted by molar-refractivity contribution is -0.140. The highest BCUT2D eigenvalue weighted by atomic mass is 16.5. The van der Waals surface area contributed by atoms with Crippen LogP contribution in [0.1, 0.15) is 65.7 Å². The molecule has 0 aromatic rings. The first-order chi connectivity index (χ1) is 13.0. The highest BCUT2D eigenvalue weighted by Crippen LogP contribution is 2.53. The van der Waals surface area contributed by atoms with E-state index in [4.69, 9.17) is 4.74 Å². The van der Waals surface area contributed by atoms with Crippen molar-refractivity contribution in [3.05, 3.63) is 23.8 Å². The van der Waals surface area contributed by atoms with Gasteiger partial charge in [-0.25, -0.2) is 0 Å². The maximum absolute atomic E-state index is 11.2. The van der Waals surface area contributed by atoms with Crippen molar-refractivity contribution in [2.45, 2.75) is 71.8 Å². The van der Waals surface area contributed by atoms with E-state index >= 15 is 0 Å². The van der Waals surface area contributed by atoms with Crippen molar-refractivity contribution in [2.24, 2.45) is 29.6 Å². The summed E-state index contributed by atoms with van der Waals surface area (Å²) in [7, 11) is 1.45. The maximum Gasteiger partial charge on any atom is 0.305 e. The molecule has 0 bridgehead atoms. The molecule has 6 atom stereocenters. The summed E-state index contributed by atoms with van der Waals surface area (Å²) in [5, 5.41) is 10.4. The van der Waals surface area contributed by atoms with Crippen molar-refractivity contribution >= 4 is 5.97 Å². The van der Waals surface area contributed by atoms with Crippen LogP contribution in [-0.4, -0.2) is 24.3 Å². The lowest BCUT2D eigenvalue weighted by Gasteiger charge is -2.19. The molecular weight excluding hydrogens is 336 g/mol. The number of aliphatic hydroxyl groups is 1. The van der Waals surface area contributed by atoms with Gasteiger partial charge in [0.15, 0.2) is 0 Å². The van der Waals surface area contributed by atoms with Crippen LogP contribution >= 0.6 is 0 Å². The Morgan fingerprint density at radius 2 is 2.19 bits per heavy atom. The number of ether oxygens (including phenoxy) is 1. The number of hydrogen-bond donors (Lipinski definition) is 1. The summed E-state index contributed by atoms with van der Waals surface area (Å²) in [6.07, 6.45) is 13.0. The van der Waals surface area contributed by atoms with Gasteiger partial charge in [-0.1, -0.05) is 37.6 Å². The smallest absolute Gasteiger partial charge is 0.305 e. The van der Waals surface area contributed by atoms with E-state index in [1.807, 2.05) is 13.0 Å². The van der Waals surface area contributed by atoms with Crippen LogP contribution in [-0.2, 0) is 9.53 Å². The van der Waals surface area contributed by atoms with Crippen molar-refractivity contribution in [1.29, 1.82) is 0 Å². The minimum absolute atomic E-state index is 0.117. The number of carbonyl (C=O) groups is 1. The van der Waals surface area contributed by atoms with Crippen LogP contribution in [0.3, 0.4) is 0 Å². The Balaban J connectivity index is 1.87. The van der Waals surface area contributed by atoms with Crippen molar-refractivity contribution < 1.29 is 14.6 Å². The van der Waals surface area contributed by atoms with E-state index in [1.165, 1.54) is 26.4 Å². The van der Waals surface area contributed by atoms with Gasteiger partial charge in [0, 0.05) is 12.8 Å². The molecule has 2 aliphatic rings. The number of allylic oxidation sites excluding steroid dienone is 3. The van der Waals surface area contributed by atoms with E-state index in [-0.39, 0.29) is 11.9 Å². The van der Waals surface area contributed by atoms with Gasteiger partial charge in [0.25, 0.3) is 0 Å². The van der Waals surface area contributed by atoms with Crippen molar-refractivity contribution in [1.82, 2.24) is 0 Å². The Kier molecular flexibility index (Phi) is 8.64. The Bertz CT molecular complexity index is 607. The standard InChI is InChI=1S/C24H36O3/c1-5-6-9-17(2)23(25)13-12-21-18(3)14-20-15-19(16-22(20)21)10-7-8-11-24(26)27-4/h10,12-13,17-18,20-23,25H,7-9,11,14-16H2,1-4H3/b13-12+,19-10+/t17?,18-,20-,21+,22+,23-/m1/s1. The fourth-order valence-corrected chi connectivity index (χ4v) is 4.78. The number of esters is 1. The highest BCUT2D eigenvalue weighted by molar-refractivity contribution is 5.69. The Morgan fingerprint density at radius 3 is 2.89 bits per heavy atom. The molecule has 0 spiro atoms. The first-order valence-electron chi connectivity index (χ1n) is 10.5. The Hall–Kier alpha value is -1.53. The molecule has 3 heteroatoms. The summed E-state index contributed by atoms with van der Waals surface area (Å²) in [6.45, 7) is 6.26. The van der Waals surface area contributed by atoms with Crippen LogP contribution < -0.4 is 0 Å². The van der Waals surface area contributed by atoms with Gasteiger partial charge in [0.1, 0.15) is 0 Å². The molecule has 2 saturated carbocycles. The predicted molar refractivity (Wildman–Crippen MR) is 110 cm³/mol. The van der Waals surface area contributed by atoms with Gasteiger partial charge in [-0.15, -0.1) is 11.8 Å². The van der Waals surface area contributed by atoms with E-state index in [1.54, 1.807) is 5.57 Å². The molecule has 150 valence electrons. The summed E-state index contributed by atoms with van der Waals surface area (Å²) >= 11 is 0. The van der Waals surface area contributed by atoms with Crippen LogP contribution in [0.2, 0.25) is 0 Å². The van der Waals surface area contributed by atoms with Gasteiger partial charge >= 0.3 is 5.97 Å². The molecule has 1 unspecified atom stereocenters. The number of hydrogen-bond acceptors (Lipinski definition) is 3. The second-order valence-electron chi connectivity index (χ2n) is 8.44. The molecule has 2 aliphatic carbocycles. The largest absolute Gasteiger partial charge is 0.469 e. The molecule has 3 nitrogen and oxygen atoms in total. The van der Waals surface area contributed by atoms with Gasteiger partial charge < -0.3 is 9.84 Å². The van der Waals surface area contributed by atoms with Crippen molar-refractivity contribution in [3.63, 3.8) is 0 Å². The third-order valence-electron chi connectivity index (χ3n) is 6.41. The topological polar surface area (TPSA) is 46.5 Å². The van der Waals surface area contributed by atoms with Crippen LogP contribution in [0.5, 0.6) is 0 Å². The third kappa shape index (κ3) is 6.25. The van der Waals surface area contributed by atoms with E-state index in [0.717, 1.165) is 25.2 Å². The fraction of sp³-hybridized carbons (Fsp3) is 0.708. The summed E-state index contributed by atoms with van der Waals surface area (Å²) in [5.41, 5.74) is 1.56. The first-order valence-corrected chi connectivity index (χ1v) is 10.5. The molecule has 27 heavy (non-hydrogen) atoms. The first kappa shape index (κ1) is 21.8. The number of methoxy groups -OCH3 is 1. The highest BCUT2D eigenvalue weighted by Gasteiger charge is 2.43. The second kappa shape index (κ2) is 10.7. The van der Waals surface area contributed by atoms with E-state index < -0.39 is 6.10 Å². The van der Waals surface area contributed by atoms with Gasteiger partial charge in [0.2, 0.25) is 0 Å². The molecule has 0 amide bonds. The SMILES string of the molecule is CC#CCC(C)[C@H](O)/C=C/[C@@H]1[C@H]2C/C(=C/CCCC(=O)OC)C[C@H]2C[C@H]1C. The third-order valence-corrected chi connectivity index (χ3v) is 6.41. The van der Waals surface area contributed by atoms with E-state index in [2.05, 4.69) is 37.8 Å². The average molecular weight is 373 g/mol. The van der Waals surface area contributed by atoms with Crippen molar-refractivity contribution in [3.8, 4) is 11.8 Å². The molecule has 0 aromatic carbocycles. The lowest BCUT2D eigenvalue weighted by atomic mass is 9.86. The molecule has 1 N–H and O–H groups in total.